The molecule has 2 heteroatoms. The van der Waals surface area contributed by atoms with Crippen LogP contribution >= 0.6 is 0 Å². The van der Waals surface area contributed by atoms with E-state index < -0.39 is 5.60 Å². The molecule has 0 atom stereocenters. The summed E-state index contributed by atoms with van der Waals surface area (Å²) in [6, 6.07) is 7.96. The normalized spacial score (nSPS) is 13.3. The van der Waals surface area contributed by atoms with E-state index in [2.05, 4.69) is 13.0 Å². The van der Waals surface area contributed by atoms with Gasteiger partial charge in [-0.2, -0.15) is 0 Å². The molecule has 0 saturated carbocycles. The van der Waals surface area contributed by atoms with Gasteiger partial charge in [-0.3, -0.25) is 0 Å². The third-order valence-electron chi connectivity index (χ3n) is 3.14. The molecule has 94 valence electrons. The first kappa shape index (κ1) is 13.8. The van der Waals surface area contributed by atoms with Gasteiger partial charge in [0.1, 0.15) is 5.75 Å². The number of rotatable bonds is 4. The van der Waals surface area contributed by atoms with Gasteiger partial charge in [-0.1, -0.05) is 19.1 Å². The van der Waals surface area contributed by atoms with Crippen LogP contribution in [0.4, 0.5) is 0 Å². The molecule has 0 aliphatic carbocycles. The van der Waals surface area contributed by atoms with Gasteiger partial charge < -0.3 is 9.84 Å². The highest BCUT2D eigenvalue weighted by atomic mass is 16.5. The van der Waals surface area contributed by atoms with Gasteiger partial charge in [-0.05, 0) is 56.0 Å². The quantitative estimate of drug-likeness (QED) is 0.861. The highest BCUT2D eigenvalue weighted by Gasteiger charge is 2.19. The molecule has 0 aliphatic rings. The van der Waals surface area contributed by atoms with Crippen LogP contribution in [0.1, 0.15) is 39.7 Å². The van der Waals surface area contributed by atoms with Crippen molar-refractivity contribution in [3.63, 3.8) is 0 Å². The minimum absolute atomic E-state index is 0.783. The average molecular weight is 234 g/mol. The van der Waals surface area contributed by atoms with E-state index in [1.165, 1.54) is 5.57 Å². The summed E-state index contributed by atoms with van der Waals surface area (Å²) in [5, 5.41) is 10.1. The second-order valence-corrected chi connectivity index (χ2v) is 4.75. The highest BCUT2D eigenvalue weighted by molar-refractivity contribution is 5.70. The lowest BCUT2D eigenvalue weighted by Crippen LogP contribution is -2.21. The smallest absolute Gasteiger partial charge is 0.119 e. The third kappa shape index (κ3) is 3.34. The SMILES string of the molecule is CC/C(=C(\C)C(C)(C)O)c1cccc(OC)c1. The van der Waals surface area contributed by atoms with Crippen LogP contribution in [-0.4, -0.2) is 17.8 Å². The molecule has 0 radical (unpaired) electrons. The second kappa shape index (κ2) is 5.37. The molecule has 0 aliphatic heterocycles. The Balaban J connectivity index is 3.27. The van der Waals surface area contributed by atoms with Crippen molar-refractivity contribution in [2.45, 2.75) is 39.7 Å². The van der Waals surface area contributed by atoms with Gasteiger partial charge in [-0.15, -0.1) is 0 Å². The van der Waals surface area contributed by atoms with Crippen LogP contribution in [0, 0.1) is 0 Å². The lowest BCUT2D eigenvalue weighted by Gasteiger charge is -2.23. The van der Waals surface area contributed by atoms with E-state index >= 15 is 0 Å². The van der Waals surface area contributed by atoms with Crippen molar-refractivity contribution in [3.8, 4) is 5.75 Å². The number of hydrogen-bond donors (Lipinski definition) is 1. The molecule has 0 amide bonds. The minimum atomic E-state index is -0.783. The first-order valence-electron chi connectivity index (χ1n) is 5.97. The first-order valence-corrected chi connectivity index (χ1v) is 5.97. The number of methoxy groups -OCH3 is 1. The maximum Gasteiger partial charge on any atom is 0.119 e. The zero-order valence-corrected chi connectivity index (χ0v) is 11.4. The van der Waals surface area contributed by atoms with Gasteiger partial charge >= 0.3 is 0 Å². The van der Waals surface area contributed by atoms with Gasteiger partial charge in [-0.25, -0.2) is 0 Å². The summed E-state index contributed by atoms with van der Waals surface area (Å²) in [4.78, 5) is 0. The predicted molar refractivity (Wildman–Crippen MR) is 72.2 cm³/mol. The van der Waals surface area contributed by atoms with E-state index in [-0.39, 0.29) is 0 Å². The predicted octanol–water partition coefficient (Wildman–Crippen LogP) is 3.65. The van der Waals surface area contributed by atoms with Gasteiger partial charge in [0, 0.05) is 0 Å². The molecule has 1 N–H and O–H groups in total. The number of ether oxygens (including phenoxy) is 1. The number of aliphatic hydroxyl groups is 1. The zero-order valence-electron chi connectivity index (χ0n) is 11.4. The van der Waals surface area contributed by atoms with Crippen molar-refractivity contribution in [2.75, 3.05) is 7.11 Å². The summed E-state index contributed by atoms with van der Waals surface area (Å²) in [5.41, 5.74) is 2.52. The molecule has 0 spiro atoms. The molecule has 0 saturated heterocycles. The second-order valence-electron chi connectivity index (χ2n) is 4.75. The Labute approximate surface area is 104 Å². The molecule has 0 heterocycles. The molecule has 2 nitrogen and oxygen atoms in total. The van der Waals surface area contributed by atoms with Crippen molar-refractivity contribution in [2.24, 2.45) is 0 Å². The molecular formula is C15H22O2. The maximum atomic E-state index is 10.1. The molecule has 1 aromatic carbocycles. The van der Waals surface area contributed by atoms with Crippen LogP contribution in [0.15, 0.2) is 29.8 Å². The van der Waals surface area contributed by atoms with E-state index in [4.69, 9.17) is 4.74 Å². The molecule has 1 aromatic rings. The van der Waals surface area contributed by atoms with Crippen LogP contribution in [0.25, 0.3) is 5.57 Å². The zero-order chi connectivity index (χ0) is 13.1. The monoisotopic (exact) mass is 234 g/mol. The van der Waals surface area contributed by atoms with Gasteiger partial charge in [0.25, 0.3) is 0 Å². The average Bonchev–Trinajstić information content (AvgIpc) is 2.29. The van der Waals surface area contributed by atoms with Crippen molar-refractivity contribution in [3.05, 3.63) is 35.4 Å². The largest absolute Gasteiger partial charge is 0.497 e. The summed E-state index contributed by atoms with van der Waals surface area (Å²) >= 11 is 0. The van der Waals surface area contributed by atoms with Crippen LogP contribution in [-0.2, 0) is 0 Å². The number of allylic oxidation sites excluding steroid dienone is 1. The Kier molecular flexibility index (Phi) is 4.35. The van der Waals surface area contributed by atoms with E-state index in [1.54, 1.807) is 7.11 Å². The van der Waals surface area contributed by atoms with Crippen LogP contribution in [0.3, 0.4) is 0 Å². The van der Waals surface area contributed by atoms with E-state index in [0.29, 0.717) is 0 Å². The van der Waals surface area contributed by atoms with Crippen molar-refractivity contribution in [1.29, 1.82) is 0 Å². The molecule has 0 fully saturated rings. The van der Waals surface area contributed by atoms with E-state index in [0.717, 1.165) is 23.3 Å². The molecule has 1 rings (SSSR count). The number of benzene rings is 1. The summed E-state index contributed by atoms with van der Waals surface area (Å²) in [5.74, 6) is 0.844. The summed E-state index contributed by atoms with van der Waals surface area (Å²) in [6.07, 6.45) is 0.892. The Morgan fingerprint density at radius 1 is 1.35 bits per heavy atom. The fourth-order valence-electron chi connectivity index (χ4n) is 1.87. The van der Waals surface area contributed by atoms with Crippen LogP contribution < -0.4 is 4.74 Å². The van der Waals surface area contributed by atoms with Gasteiger partial charge in [0.15, 0.2) is 0 Å². The summed E-state index contributed by atoms with van der Waals surface area (Å²) in [7, 11) is 1.66. The Hall–Kier alpha value is -1.28. The van der Waals surface area contributed by atoms with Crippen molar-refractivity contribution >= 4 is 5.57 Å². The fraction of sp³-hybridized carbons (Fsp3) is 0.467. The number of hydrogen-bond acceptors (Lipinski definition) is 2. The topological polar surface area (TPSA) is 29.5 Å². The Morgan fingerprint density at radius 3 is 2.47 bits per heavy atom. The standard InChI is InChI=1S/C15H22O2/c1-6-14(11(2)15(3,4)16)12-8-7-9-13(10-12)17-5/h7-10,16H,6H2,1-5H3/b14-11-. The lowest BCUT2D eigenvalue weighted by molar-refractivity contribution is 0.120. The van der Waals surface area contributed by atoms with Gasteiger partial charge in [0.05, 0.1) is 12.7 Å². The van der Waals surface area contributed by atoms with Gasteiger partial charge in [0.2, 0.25) is 0 Å². The summed E-state index contributed by atoms with van der Waals surface area (Å²) < 4.78 is 5.23. The molecular weight excluding hydrogens is 212 g/mol. The van der Waals surface area contributed by atoms with Crippen LogP contribution in [0.2, 0.25) is 0 Å². The highest BCUT2D eigenvalue weighted by Crippen LogP contribution is 2.30. The molecule has 17 heavy (non-hydrogen) atoms. The fourth-order valence-corrected chi connectivity index (χ4v) is 1.87. The Bertz CT molecular complexity index is 411. The maximum absolute atomic E-state index is 10.1. The Morgan fingerprint density at radius 2 is 2.00 bits per heavy atom. The molecule has 0 unspecified atom stereocenters. The van der Waals surface area contributed by atoms with Crippen molar-refractivity contribution in [1.82, 2.24) is 0 Å². The molecule has 0 bridgehead atoms. The lowest BCUT2D eigenvalue weighted by atomic mass is 9.89. The summed E-state index contributed by atoms with van der Waals surface area (Å²) in [6.45, 7) is 7.72. The minimum Gasteiger partial charge on any atom is -0.497 e. The first-order chi connectivity index (χ1) is 7.90. The molecule has 0 aromatic heterocycles. The van der Waals surface area contributed by atoms with Crippen molar-refractivity contribution < 1.29 is 9.84 Å². The van der Waals surface area contributed by atoms with E-state index in [9.17, 15) is 5.11 Å². The third-order valence-corrected chi connectivity index (χ3v) is 3.14. The van der Waals surface area contributed by atoms with E-state index in [1.807, 2.05) is 39.0 Å². The van der Waals surface area contributed by atoms with Crippen LogP contribution in [0.5, 0.6) is 5.75 Å².